The number of nitrogens with zero attached hydrogens (tertiary/aromatic N) is 4. The molecule has 5 heteroatoms. The molecule has 0 saturated heterocycles. The average molecular weight is 227 g/mol. The molecule has 0 aliphatic heterocycles. The fourth-order valence-electron chi connectivity index (χ4n) is 0.860. The Morgan fingerprint density at radius 3 is 2.42 bits per heavy atom. The summed E-state index contributed by atoms with van der Waals surface area (Å²) in [6, 6.07) is 9.72. The second-order valence-corrected chi connectivity index (χ2v) is 2.09. The molecule has 1 aromatic heterocycles. The molecule has 4 nitrogen and oxygen atoms in total. The minimum Gasteiger partial charge on any atom is -0.201 e. The first kappa shape index (κ1) is 8.90. The molecule has 0 unspecified atom stereocenters. The number of rotatable bonds is 1. The number of hydrogen-bond acceptors (Lipinski definition) is 3. The quantitative estimate of drug-likeness (QED) is 0.631. The van der Waals surface area contributed by atoms with Gasteiger partial charge in [-0.05, 0) is 22.6 Å². The molecule has 0 fully saturated rings. The first-order valence-electron chi connectivity index (χ1n) is 3.25. The van der Waals surface area contributed by atoms with Crippen molar-refractivity contribution in [1.82, 2.24) is 20.2 Å². The van der Waals surface area contributed by atoms with Crippen LogP contribution in [0.2, 0.25) is 0 Å². The number of aromatic nitrogens is 4. The number of hydrogen-bond donors (Lipinski definition) is 0. The Morgan fingerprint density at radius 2 is 1.83 bits per heavy atom. The van der Waals surface area contributed by atoms with Gasteiger partial charge in [-0.3, -0.25) is 0 Å². The van der Waals surface area contributed by atoms with Gasteiger partial charge in [-0.25, -0.2) is 4.68 Å². The van der Waals surface area contributed by atoms with E-state index in [0.717, 1.165) is 5.69 Å². The van der Waals surface area contributed by atoms with Gasteiger partial charge in [-0.1, -0.05) is 18.2 Å². The number of tetrazole rings is 1. The van der Waals surface area contributed by atoms with E-state index in [2.05, 4.69) is 15.5 Å². The fraction of sp³-hybridized carbons (Fsp3) is 0. The maximum atomic E-state index is 3.74. The van der Waals surface area contributed by atoms with Crippen molar-refractivity contribution in [3.8, 4) is 5.69 Å². The normalized spacial score (nSPS) is 9.00. The molecule has 0 bridgehead atoms. The molecule has 1 aromatic carbocycles. The van der Waals surface area contributed by atoms with Crippen molar-refractivity contribution in [3.63, 3.8) is 0 Å². The standard InChI is InChI=1S/C7H6N4.H2Se/c1-2-4-7(5-3-1)11-6-8-9-10-11;/h1-6H;1H2. The molecule has 2 rings (SSSR count). The predicted molar refractivity (Wildman–Crippen MR) is 47.7 cm³/mol. The van der Waals surface area contributed by atoms with Crippen molar-refractivity contribution in [2.45, 2.75) is 0 Å². The van der Waals surface area contributed by atoms with Crippen LogP contribution in [0.5, 0.6) is 0 Å². The summed E-state index contributed by atoms with van der Waals surface area (Å²) in [6.07, 6.45) is 1.56. The SMILES string of the molecule is [SeH2].c1ccc(-n2cnnn2)cc1. The predicted octanol–water partition coefficient (Wildman–Crippen LogP) is -0.254. The molecule has 62 valence electrons. The van der Waals surface area contributed by atoms with Crippen molar-refractivity contribution in [2.24, 2.45) is 0 Å². The van der Waals surface area contributed by atoms with Gasteiger partial charge in [-0.2, -0.15) is 0 Å². The Bertz CT molecular complexity index is 318. The monoisotopic (exact) mass is 228 g/mol. The van der Waals surface area contributed by atoms with E-state index in [0.29, 0.717) is 0 Å². The van der Waals surface area contributed by atoms with E-state index in [-0.39, 0.29) is 17.1 Å². The number of benzene rings is 1. The Balaban J connectivity index is 0.000000720. The Hall–Kier alpha value is -1.19. The molecule has 0 aliphatic rings. The van der Waals surface area contributed by atoms with E-state index in [1.165, 1.54) is 0 Å². The summed E-state index contributed by atoms with van der Waals surface area (Å²) in [5, 5.41) is 10.8. The maximum Gasteiger partial charge on any atom is 0.143 e. The largest absolute Gasteiger partial charge is 0.201 e. The van der Waals surface area contributed by atoms with Crippen molar-refractivity contribution < 1.29 is 0 Å². The van der Waals surface area contributed by atoms with Gasteiger partial charge in [0.15, 0.2) is 0 Å². The van der Waals surface area contributed by atoms with Gasteiger partial charge in [0.05, 0.1) is 5.69 Å². The van der Waals surface area contributed by atoms with Crippen LogP contribution < -0.4 is 0 Å². The third kappa shape index (κ3) is 1.69. The minimum atomic E-state index is 0. The van der Waals surface area contributed by atoms with Crippen LogP contribution in [0.25, 0.3) is 5.69 Å². The summed E-state index contributed by atoms with van der Waals surface area (Å²) in [5.74, 6) is 0. The van der Waals surface area contributed by atoms with Gasteiger partial charge >= 0.3 is 17.1 Å². The summed E-state index contributed by atoms with van der Waals surface area (Å²) in [4.78, 5) is 0. The molecule has 0 N–H and O–H groups in total. The first-order chi connectivity index (χ1) is 5.47. The van der Waals surface area contributed by atoms with Crippen molar-refractivity contribution in [1.29, 1.82) is 0 Å². The summed E-state index contributed by atoms with van der Waals surface area (Å²) in [6.45, 7) is 0. The molecule has 0 atom stereocenters. The summed E-state index contributed by atoms with van der Waals surface area (Å²) in [7, 11) is 0. The summed E-state index contributed by atoms with van der Waals surface area (Å²) >= 11 is 0. The third-order valence-electron chi connectivity index (χ3n) is 1.37. The van der Waals surface area contributed by atoms with Crippen LogP contribution in [-0.2, 0) is 0 Å². The Morgan fingerprint density at radius 1 is 1.08 bits per heavy atom. The van der Waals surface area contributed by atoms with Crippen LogP contribution in [0.1, 0.15) is 0 Å². The first-order valence-corrected chi connectivity index (χ1v) is 3.25. The third-order valence-corrected chi connectivity index (χ3v) is 1.37. The smallest absolute Gasteiger partial charge is 0.143 e. The van der Waals surface area contributed by atoms with Gasteiger partial charge in [0, 0.05) is 0 Å². The van der Waals surface area contributed by atoms with Crippen LogP contribution in [0.15, 0.2) is 36.7 Å². The van der Waals surface area contributed by atoms with Crippen molar-refractivity contribution in [2.75, 3.05) is 0 Å². The van der Waals surface area contributed by atoms with Crippen LogP contribution in [0.3, 0.4) is 0 Å². The zero-order valence-corrected chi connectivity index (χ0v) is 8.35. The van der Waals surface area contributed by atoms with Crippen molar-refractivity contribution >= 4 is 17.1 Å². The summed E-state index contributed by atoms with van der Waals surface area (Å²) in [5.41, 5.74) is 0.970. The maximum absolute atomic E-state index is 3.74. The molecule has 0 amide bonds. The van der Waals surface area contributed by atoms with E-state index in [1.807, 2.05) is 30.3 Å². The van der Waals surface area contributed by atoms with Gasteiger partial charge in [-0.15, -0.1) is 5.10 Å². The molecule has 0 aliphatic carbocycles. The van der Waals surface area contributed by atoms with Gasteiger partial charge < -0.3 is 0 Å². The Labute approximate surface area is 80.1 Å². The van der Waals surface area contributed by atoms with E-state index < -0.39 is 0 Å². The molecule has 1 heterocycles. The fourth-order valence-corrected chi connectivity index (χ4v) is 0.860. The minimum absolute atomic E-state index is 0. The van der Waals surface area contributed by atoms with Crippen LogP contribution in [-0.4, -0.2) is 37.3 Å². The van der Waals surface area contributed by atoms with E-state index in [1.54, 1.807) is 11.0 Å². The molecule has 0 spiro atoms. The van der Waals surface area contributed by atoms with Crippen LogP contribution >= 0.6 is 0 Å². The second-order valence-electron chi connectivity index (χ2n) is 2.09. The average Bonchev–Trinajstić information content (AvgIpc) is 2.58. The topological polar surface area (TPSA) is 43.6 Å². The van der Waals surface area contributed by atoms with E-state index >= 15 is 0 Å². The van der Waals surface area contributed by atoms with Crippen LogP contribution in [0.4, 0.5) is 0 Å². The van der Waals surface area contributed by atoms with E-state index in [9.17, 15) is 0 Å². The molecular formula is C7H8N4Se. The zero-order valence-electron chi connectivity index (χ0n) is 6.25. The Kier molecular flexibility index (Phi) is 2.96. The molecule has 0 radical (unpaired) electrons. The molecule has 2 aromatic rings. The molecular weight excluding hydrogens is 219 g/mol. The zero-order chi connectivity index (χ0) is 7.52. The van der Waals surface area contributed by atoms with E-state index in [4.69, 9.17) is 0 Å². The second kappa shape index (κ2) is 3.99. The molecule has 0 saturated carbocycles. The number of para-hydroxylation sites is 1. The van der Waals surface area contributed by atoms with Crippen molar-refractivity contribution in [3.05, 3.63) is 36.7 Å². The summed E-state index contributed by atoms with van der Waals surface area (Å²) < 4.78 is 1.61. The van der Waals surface area contributed by atoms with Gasteiger partial charge in [0.2, 0.25) is 0 Å². The molecule has 12 heavy (non-hydrogen) atoms. The van der Waals surface area contributed by atoms with Gasteiger partial charge in [0.1, 0.15) is 6.33 Å². The van der Waals surface area contributed by atoms with Crippen LogP contribution in [0, 0.1) is 0 Å². The van der Waals surface area contributed by atoms with Gasteiger partial charge in [0.25, 0.3) is 0 Å².